The molecule has 0 radical (unpaired) electrons. The third-order valence-electron chi connectivity index (χ3n) is 3.13. The van der Waals surface area contributed by atoms with E-state index in [1.165, 1.54) is 30.6 Å². The number of benzene rings is 1. The summed E-state index contributed by atoms with van der Waals surface area (Å²) >= 11 is 6.71. The van der Waals surface area contributed by atoms with Gasteiger partial charge in [-0.15, -0.1) is 11.3 Å². The molecular weight excluding hydrogens is 335 g/mol. The van der Waals surface area contributed by atoms with Gasteiger partial charge in [0, 0.05) is 11.4 Å². The fourth-order valence-corrected chi connectivity index (χ4v) is 3.13. The number of nitrogens with one attached hydrogen (secondary N) is 2. The molecule has 2 N–H and O–H groups in total. The molecule has 0 unspecified atom stereocenters. The van der Waals surface area contributed by atoms with E-state index in [-0.39, 0.29) is 5.82 Å². The van der Waals surface area contributed by atoms with Crippen LogP contribution in [0.3, 0.4) is 0 Å². The molecule has 0 aliphatic carbocycles. The number of halogens is 1. The van der Waals surface area contributed by atoms with E-state index in [0.717, 1.165) is 16.9 Å². The number of carbonyl (C=O) groups is 1. The Morgan fingerprint density at radius 2 is 2.04 bits per heavy atom. The maximum atomic E-state index is 12.9. The molecule has 122 valence electrons. The molecule has 0 saturated heterocycles. The smallest absolute Gasteiger partial charge is 0.340 e. The summed E-state index contributed by atoms with van der Waals surface area (Å²) in [5, 5.41) is 7.11. The second-order valence-corrected chi connectivity index (χ2v) is 6.28. The highest BCUT2D eigenvalue weighted by molar-refractivity contribution is 7.80. The van der Waals surface area contributed by atoms with Crippen LogP contribution in [0.5, 0.6) is 0 Å². The predicted molar refractivity (Wildman–Crippen MR) is 94.5 cm³/mol. The van der Waals surface area contributed by atoms with Crippen LogP contribution in [-0.2, 0) is 17.7 Å². The molecule has 23 heavy (non-hydrogen) atoms. The van der Waals surface area contributed by atoms with Crippen molar-refractivity contribution < 1.29 is 13.9 Å². The maximum absolute atomic E-state index is 12.9. The highest BCUT2D eigenvalue weighted by atomic mass is 32.1. The van der Waals surface area contributed by atoms with Gasteiger partial charge in [0.1, 0.15) is 10.8 Å². The molecule has 7 heteroatoms. The van der Waals surface area contributed by atoms with E-state index in [1.807, 2.05) is 6.92 Å². The van der Waals surface area contributed by atoms with Gasteiger partial charge in [-0.2, -0.15) is 0 Å². The number of ether oxygens (including phenoxy) is 1. The normalized spacial score (nSPS) is 10.2. The lowest BCUT2D eigenvalue weighted by Crippen LogP contribution is -2.28. The summed E-state index contributed by atoms with van der Waals surface area (Å²) in [6.07, 6.45) is 0.826. The Bertz CT molecular complexity index is 699. The van der Waals surface area contributed by atoms with Gasteiger partial charge in [-0.3, -0.25) is 0 Å². The van der Waals surface area contributed by atoms with Crippen molar-refractivity contribution in [3.8, 4) is 0 Å². The van der Waals surface area contributed by atoms with Crippen molar-refractivity contribution in [2.24, 2.45) is 0 Å². The Labute approximate surface area is 143 Å². The first kappa shape index (κ1) is 17.4. The summed E-state index contributed by atoms with van der Waals surface area (Å²) in [6.45, 7) is 2.48. The Balaban J connectivity index is 2.00. The van der Waals surface area contributed by atoms with E-state index < -0.39 is 5.97 Å². The maximum Gasteiger partial charge on any atom is 0.340 e. The first-order chi connectivity index (χ1) is 11.0. The van der Waals surface area contributed by atoms with Crippen molar-refractivity contribution in [1.82, 2.24) is 5.32 Å². The van der Waals surface area contributed by atoms with Crippen molar-refractivity contribution in [1.29, 1.82) is 0 Å². The Morgan fingerprint density at radius 3 is 2.65 bits per heavy atom. The van der Waals surface area contributed by atoms with Gasteiger partial charge in [-0.05, 0) is 42.4 Å². The zero-order valence-electron chi connectivity index (χ0n) is 12.8. The van der Waals surface area contributed by atoms with Crippen molar-refractivity contribution >= 4 is 39.6 Å². The largest absolute Gasteiger partial charge is 0.465 e. The van der Waals surface area contributed by atoms with E-state index >= 15 is 0 Å². The second kappa shape index (κ2) is 8.03. The molecule has 2 rings (SSSR count). The number of methoxy groups -OCH3 is 1. The Hall–Kier alpha value is -1.99. The van der Waals surface area contributed by atoms with E-state index in [9.17, 15) is 9.18 Å². The van der Waals surface area contributed by atoms with E-state index in [2.05, 4.69) is 10.6 Å². The fraction of sp³-hybridized carbons (Fsp3) is 0.250. The average Bonchev–Trinajstić information content (AvgIpc) is 2.96. The molecule has 0 aliphatic rings. The Morgan fingerprint density at radius 1 is 1.35 bits per heavy atom. The standard InChI is InChI=1S/C16H17FN2O2S2/c1-3-12-8-13(15(20)21-2)14(23-12)19-16(22)18-9-10-4-6-11(17)7-5-10/h4-8H,3,9H2,1-2H3,(H2,18,19,22). The third kappa shape index (κ3) is 4.74. The Kier molecular flexibility index (Phi) is 6.06. The van der Waals surface area contributed by atoms with E-state index in [4.69, 9.17) is 17.0 Å². The lowest BCUT2D eigenvalue weighted by Gasteiger charge is -2.10. The molecule has 4 nitrogen and oxygen atoms in total. The van der Waals surface area contributed by atoms with Crippen molar-refractivity contribution in [3.05, 3.63) is 52.2 Å². The monoisotopic (exact) mass is 352 g/mol. The molecule has 0 atom stereocenters. The van der Waals surface area contributed by atoms with E-state index in [1.54, 1.807) is 18.2 Å². The molecule has 1 aromatic heterocycles. The molecule has 0 saturated carbocycles. The van der Waals surface area contributed by atoms with Crippen molar-refractivity contribution in [2.45, 2.75) is 19.9 Å². The molecule has 1 heterocycles. The topological polar surface area (TPSA) is 50.4 Å². The zero-order chi connectivity index (χ0) is 16.8. The molecule has 1 aromatic carbocycles. The minimum Gasteiger partial charge on any atom is -0.465 e. The van der Waals surface area contributed by atoms with Gasteiger partial charge >= 0.3 is 5.97 Å². The van der Waals surface area contributed by atoms with Crippen LogP contribution < -0.4 is 10.6 Å². The van der Waals surface area contributed by atoms with Crippen molar-refractivity contribution in [2.75, 3.05) is 12.4 Å². The van der Waals surface area contributed by atoms with Gasteiger partial charge in [0.2, 0.25) is 0 Å². The van der Waals surface area contributed by atoms with Crippen LogP contribution in [0, 0.1) is 5.82 Å². The quantitative estimate of drug-likeness (QED) is 0.634. The second-order valence-electron chi connectivity index (χ2n) is 4.73. The summed E-state index contributed by atoms with van der Waals surface area (Å²) in [7, 11) is 1.35. The molecular formula is C16H17FN2O2S2. The summed E-state index contributed by atoms with van der Waals surface area (Å²) in [6, 6.07) is 7.98. The lowest BCUT2D eigenvalue weighted by atomic mass is 10.2. The number of thiophene rings is 1. The minimum absolute atomic E-state index is 0.275. The molecule has 0 bridgehead atoms. The first-order valence-electron chi connectivity index (χ1n) is 7.03. The van der Waals surface area contributed by atoms with Gasteiger partial charge in [-0.25, -0.2) is 9.18 Å². The number of anilines is 1. The molecule has 0 aliphatic heterocycles. The molecule has 2 aromatic rings. The number of hydrogen-bond donors (Lipinski definition) is 2. The van der Waals surface area contributed by atoms with Crippen LogP contribution in [0.25, 0.3) is 0 Å². The van der Waals surface area contributed by atoms with Gasteiger partial charge in [0.15, 0.2) is 5.11 Å². The minimum atomic E-state index is -0.398. The van der Waals surface area contributed by atoms with Crippen LogP contribution in [0.2, 0.25) is 0 Å². The summed E-state index contributed by atoms with van der Waals surface area (Å²) in [4.78, 5) is 12.9. The van der Waals surface area contributed by atoms with Gasteiger partial charge < -0.3 is 15.4 Å². The molecule has 0 fully saturated rings. The predicted octanol–water partition coefficient (Wildman–Crippen LogP) is 3.72. The number of hydrogen-bond acceptors (Lipinski definition) is 4. The number of thiocarbonyl (C=S) groups is 1. The lowest BCUT2D eigenvalue weighted by molar-refractivity contribution is 0.0602. The van der Waals surface area contributed by atoms with Gasteiger partial charge in [0.05, 0.1) is 12.7 Å². The molecule has 0 amide bonds. The summed E-state index contributed by atoms with van der Waals surface area (Å²) < 4.78 is 17.6. The fourth-order valence-electron chi connectivity index (χ4n) is 1.90. The highest BCUT2D eigenvalue weighted by Gasteiger charge is 2.16. The highest BCUT2D eigenvalue weighted by Crippen LogP contribution is 2.29. The molecule has 0 spiro atoms. The number of rotatable bonds is 5. The third-order valence-corrected chi connectivity index (χ3v) is 4.57. The van der Waals surface area contributed by atoms with Crippen LogP contribution in [0.4, 0.5) is 9.39 Å². The van der Waals surface area contributed by atoms with E-state index in [0.29, 0.717) is 22.2 Å². The van der Waals surface area contributed by atoms with Gasteiger partial charge in [-0.1, -0.05) is 19.1 Å². The number of carbonyl (C=O) groups excluding carboxylic acids is 1. The zero-order valence-corrected chi connectivity index (χ0v) is 14.4. The first-order valence-corrected chi connectivity index (χ1v) is 8.26. The van der Waals surface area contributed by atoms with Crippen LogP contribution in [0.15, 0.2) is 30.3 Å². The summed E-state index contributed by atoms with van der Waals surface area (Å²) in [5.74, 6) is -0.673. The van der Waals surface area contributed by atoms with Crippen LogP contribution >= 0.6 is 23.6 Å². The SMILES string of the molecule is CCc1cc(C(=O)OC)c(NC(=S)NCc2ccc(F)cc2)s1. The van der Waals surface area contributed by atoms with Gasteiger partial charge in [0.25, 0.3) is 0 Å². The van der Waals surface area contributed by atoms with Crippen LogP contribution in [0.1, 0.15) is 27.7 Å². The number of aryl methyl sites for hydroxylation is 1. The van der Waals surface area contributed by atoms with Crippen molar-refractivity contribution in [3.63, 3.8) is 0 Å². The summed E-state index contributed by atoms with van der Waals surface area (Å²) in [5.41, 5.74) is 1.38. The average molecular weight is 352 g/mol. The number of esters is 1. The van der Waals surface area contributed by atoms with Crippen LogP contribution in [-0.4, -0.2) is 18.2 Å².